The molecule has 1 aromatic carbocycles. The van der Waals surface area contributed by atoms with Crippen molar-refractivity contribution < 1.29 is 13.0 Å². The molecule has 0 aliphatic carbocycles. The zero-order valence-electron chi connectivity index (χ0n) is 9.88. The van der Waals surface area contributed by atoms with E-state index in [1.807, 2.05) is 24.0 Å². The molecule has 0 aliphatic heterocycles. The van der Waals surface area contributed by atoms with E-state index in [0.29, 0.717) is 5.02 Å². The summed E-state index contributed by atoms with van der Waals surface area (Å²) in [5.41, 5.74) is 0.757. The van der Waals surface area contributed by atoms with Gasteiger partial charge in [-0.25, -0.2) is 13.0 Å². The van der Waals surface area contributed by atoms with Crippen LogP contribution in [0.3, 0.4) is 0 Å². The molecule has 0 amide bonds. The molecule has 0 unspecified atom stereocenters. The number of aryl methyl sites for hydroxylation is 1. The van der Waals surface area contributed by atoms with Crippen molar-refractivity contribution in [3.05, 3.63) is 59.4 Å². The minimum Gasteiger partial charge on any atom is -0.223 e. The van der Waals surface area contributed by atoms with Crippen molar-refractivity contribution in [3.8, 4) is 0 Å². The van der Waals surface area contributed by atoms with Gasteiger partial charge < -0.3 is 0 Å². The molecule has 3 nitrogen and oxygen atoms in total. The number of sulfone groups is 1. The Hall–Kier alpha value is -1.39. The fraction of sp³-hybridized carbons (Fsp3) is 0.154. The first-order chi connectivity index (χ1) is 8.47. The number of halogens is 1. The lowest BCUT2D eigenvalue weighted by Gasteiger charge is -2.04. The van der Waals surface area contributed by atoms with E-state index in [2.05, 4.69) is 0 Å². The molecule has 0 saturated heterocycles. The largest absolute Gasteiger partial charge is 0.223 e. The predicted molar refractivity (Wildman–Crippen MR) is 70.0 cm³/mol. The highest BCUT2D eigenvalue weighted by molar-refractivity contribution is 7.90. The molecule has 0 saturated carbocycles. The molecule has 0 fully saturated rings. The summed E-state index contributed by atoms with van der Waals surface area (Å²) in [5.74, 6) is -0.0197. The van der Waals surface area contributed by atoms with Crippen molar-refractivity contribution in [2.45, 2.75) is 10.6 Å². The van der Waals surface area contributed by atoms with Gasteiger partial charge in [-0.15, -0.1) is 0 Å². The van der Waals surface area contributed by atoms with E-state index in [1.165, 1.54) is 6.07 Å². The summed E-state index contributed by atoms with van der Waals surface area (Å²) in [7, 11) is -1.46. The second-order valence-corrected chi connectivity index (χ2v) is 6.51. The standard InChI is InChI=1S/C13H13ClNO2S/c1-15-7-5-11(6-8-15)10-18(16,17)13-4-2-3-12(14)9-13/h2-9H,10H2,1H3/q+1. The van der Waals surface area contributed by atoms with Crippen LogP contribution in [0.4, 0.5) is 0 Å². The number of aromatic nitrogens is 1. The fourth-order valence-corrected chi connectivity index (χ4v) is 3.24. The van der Waals surface area contributed by atoms with Crippen LogP contribution in [0.25, 0.3) is 0 Å². The van der Waals surface area contributed by atoms with Crippen LogP contribution in [0.5, 0.6) is 0 Å². The number of hydrogen-bond donors (Lipinski definition) is 0. The predicted octanol–water partition coefficient (Wildman–Crippen LogP) is 2.14. The van der Waals surface area contributed by atoms with Crippen LogP contribution in [0.15, 0.2) is 53.7 Å². The SMILES string of the molecule is C[n+]1ccc(CS(=O)(=O)c2cccc(Cl)c2)cc1. The van der Waals surface area contributed by atoms with Gasteiger partial charge in [-0.05, 0) is 23.8 Å². The molecule has 0 N–H and O–H groups in total. The van der Waals surface area contributed by atoms with Gasteiger partial charge in [0.15, 0.2) is 22.2 Å². The van der Waals surface area contributed by atoms with Crippen molar-refractivity contribution in [2.24, 2.45) is 7.05 Å². The molecule has 0 spiro atoms. The van der Waals surface area contributed by atoms with Crippen LogP contribution >= 0.6 is 11.6 Å². The van der Waals surface area contributed by atoms with E-state index < -0.39 is 9.84 Å². The van der Waals surface area contributed by atoms with E-state index in [-0.39, 0.29) is 10.6 Å². The van der Waals surface area contributed by atoms with Crippen LogP contribution < -0.4 is 4.57 Å². The fourth-order valence-electron chi connectivity index (χ4n) is 1.59. The lowest BCUT2D eigenvalue weighted by atomic mass is 10.3. The Balaban J connectivity index is 2.30. The highest BCUT2D eigenvalue weighted by Gasteiger charge is 2.16. The molecule has 1 aromatic heterocycles. The van der Waals surface area contributed by atoms with Gasteiger partial charge >= 0.3 is 0 Å². The van der Waals surface area contributed by atoms with Gasteiger partial charge in [0.25, 0.3) is 0 Å². The maximum Gasteiger partial charge on any atom is 0.182 e. The summed E-state index contributed by atoms with van der Waals surface area (Å²) in [6, 6.07) is 9.91. The maximum atomic E-state index is 12.2. The zero-order valence-corrected chi connectivity index (χ0v) is 11.4. The Morgan fingerprint density at radius 2 is 1.83 bits per heavy atom. The highest BCUT2D eigenvalue weighted by atomic mass is 35.5. The second-order valence-electron chi connectivity index (χ2n) is 4.09. The Bertz CT molecular complexity index is 651. The zero-order chi connectivity index (χ0) is 13.2. The minimum atomic E-state index is -3.34. The average Bonchev–Trinajstić information content (AvgIpc) is 2.32. The molecular weight excluding hydrogens is 270 g/mol. The third-order valence-corrected chi connectivity index (χ3v) is 4.48. The molecule has 0 aliphatic rings. The topological polar surface area (TPSA) is 38.0 Å². The van der Waals surface area contributed by atoms with E-state index in [0.717, 1.165) is 5.56 Å². The van der Waals surface area contributed by atoms with Gasteiger partial charge in [0.2, 0.25) is 0 Å². The molecule has 0 atom stereocenters. The van der Waals surface area contributed by atoms with Gasteiger partial charge in [-0.3, -0.25) is 0 Å². The summed E-state index contributed by atoms with van der Waals surface area (Å²) in [6.45, 7) is 0. The Morgan fingerprint density at radius 3 is 2.44 bits per heavy atom. The van der Waals surface area contributed by atoms with Crippen molar-refractivity contribution in [1.29, 1.82) is 0 Å². The van der Waals surface area contributed by atoms with E-state index in [9.17, 15) is 8.42 Å². The van der Waals surface area contributed by atoms with Crippen LogP contribution in [-0.4, -0.2) is 8.42 Å². The van der Waals surface area contributed by atoms with Crippen LogP contribution in [0.1, 0.15) is 5.56 Å². The second kappa shape index (κ2) is 5.08. The Labute approximate surface area is 112 Å². The van der Waals surface area contributed by atoms with Crippen LogP contribution in [0, 0.1) is 0 Å². The molecule has 18 heavy (non-hydrogen) atoms. The van der Waals surface area contributed by atoms with E-state index in [4.69, 9.17) is 11.6 Å². The van der Waals surface area contributed by atoms with Gasteiger partial charge in [-0.1, -0.05) is 17.7 Å². The van der Waals surface area contributed by atoms with Crippen molar-refractivity contribution in [1.82, 2.24) is 0 Å². The summed E-state index contributed by atoms with van der Waals surface area (Å²) in [5, 5.41) is 0.426. The summed E-state index contributed by atoms with van der Waals surface area (Å²) in [4.78, 5) is 0.253. The molecule has 0 bridgehead atoms. The quantitative estimate of drug-likeness (QED) is 0.809. The maximum absolute atomic E-state index is 12.2. The smallest absolute Gasteiger partial charge is 0.182 e. The molecule has 2 rings (SSSR count). The van der Waals surface area contributed by atoms with Crippen molar-refractivity contribution in [2.75, 3.05) is 0 Å². The highest BCUT2D eigenvalue weighted by Crippen LogP contribution is 2.19. The lowest BCUT2D eigenvalue weighted by molar-refractivity contribution is -0.671. The molecule has 2 aromatic rings. The monoisotopic (exact) mass is 282 g/mol. The Morgan fingerprint density at radius 1 is 1.17 bits per heavy atom. The molecule has 94 valence electrons. The number of rotatable bonds is 3. The summed E-state index contributed by atoms with van der Waals surface area (Å²) >= 11 is 5.81. The number of benzene rings is 1. The third kappa shape index (κ3) is 3.09. The first-order valence-corrected chi connectivity index (χ1v) is 7.43. The normalized spacial score (nSPS) is 11.4. The average molecular weight is 283 g/mol. The van der Waals surface area contributed by atoms with Crippen LogP contribution in [-0.2, 0) is 22.6 Å². The van der Waals surface area contributed by atoms with Crippen molar-refractivity contribution >= 4 is 21.4 Å². The first-order valence-electron chi connectivity index (χ1n) is 5.40. The number of pyridine rings is 1. The molecule has 1 heterocycles. The van der Waals surface area contributed by atoms with Gasteiger partial charge in [0.1, 0.15) is 7.05 Å². The van der Waals surface area contributed by atoms with E-state index >= 15 is 0 Å². The van der Waals surface area contributed by atoms with Crippen molar-refractivity contribution in [3.63, 3.8) is 0 Å². The Kier molecular flexibility index (Phi) is 3.68. The number of nitrogens with zero attached hydrogens (tertiary/aromatic N) is 1. The van der Waals surface area contributed by atoms with Crippen LogP contribution in [0.2, 0.25) is 5.02 Å². The molecule has 5 heteroatoms. The first kappa shape index (κ1) is 13.1. The molecule has 0 radical (unpaired) electrons. The van der Waals surface area contributed by atoms with Gasteiger partial charge in [0.05, 0.1) is 10.6 Å². The lowest BCUT2D eigenvalue weighted by Crippen LogP contribution is -2.26. The van der Waals surface area contributed by atoms with Gasteiger partial charge in [0, 0.05) is 17.2 Å². The van der Waals surface area contributed by atoms with E-state index in [1.54, 1.807) is 30.3 Å². The molecular formula is C13H13ClNO2S+. The summed E-state index contributed by atoms with van der Waals surface area (Å²) in [6.07, 6.45) is 3.64. The summed E-state index contributed by atoms with van der Waals surface area (Å²) < 4.78 is 26.2. The van der Waals surface area contributed by atoms with Gasteiger partial charge in [-0.2, -0.15) is 0 Å². The minimum absolute atomic E-state index is 0.0197. The number of hydrogen-bond acceptors (Lipinski definition) is 2. The third-order valence-electron chi connectivity index (χ3n) is 2.56.